The van der Waals surface area contributed by atoms with Gasteiger partial charge in [-0.3, -0.25) is 0 Å². The number of hydrogen-bond acceptors (Lipinski definition) is 2. The van der Waals surface area contributed by atoms with E-state index in [9.17, 15) is 13.2 Å². The largest absolute Gasteiger partial charge is 0.416 e. The van der Waals surface area contributed by atoms with Gasteiger partial charge in [-0.25, -0.2) is 0 Å². The van der Waals surface area contributed by atoms with Gasteiger partial charge in [0.05, 0.1) is 5.56 Å². The highest BCUT2D eigenvalue weighted by Gasteiger charge is 2.31. The first kappa shape index (κ1) is 11.6. The van der Waals surface area contributed by atoms with Gasteiger partial charge in [0.15, 0.2) is 0 Å². The lowest BCUT2D eigenvalue weighted by molar-refractivity contribution is -0.137. The Morgan fingerprint density at radius 2 is 1.87 bits per heavy atom. The number of anilines is 1. The number of nitrogens with two attached hydrogens (primary N) is 2. The maximum absolute atomic E-state index is 12.4. The van der Waals surface area contributed by atoms with Gasteiger partial charge in [0.1, 0.15) is 0 Å². The smallest absolute Gasteiger partial charge is 0.399 e. The summed E-state index contributed by atoms with van der Waals surface area (Å²) in [6.07, 6.45) is -3.06. The number of benzene rings is 1. The summed E-state index contributed by atoms with van der Waals surface area (Å²) >= 11 is 0. The number of nitrogen functional groups attached to an aromatic ring is 1. The van der Waals surface area contributed by atoms with Crippen LogP contribution in [0.2, 0.25) is 0 Å². The molecule has 0 saturated carbocycles. The molecular weight excluding hydrogens is 205 g/mol. The molecule has 1 aromatic rings. The molecule has 4 N–H and O–H groups in total. The zero-order chi connectivity index (χ0) is 11.6. The van der Waals surface area contributed by atoms with Gasteiger partial charge >= 0.3 is 6.18 Å². The van der Waals surface area contributed by atoms with Crippen LogP contribution in [0.15, 0.2) is 30.9 Å². The van der Waals surface area contributed by atoms with Crippen molar-refractivity contribution in [2.24, 2.45) is 5.73 Å². The monoisotopic (exact) mass is 216 g/mol. The second kappa shape index (κ2) is 3.94. The molecule has 0 fully saturated rings. The first-order valence-electron chi connectivity index (χ1n) is 4.20. The number of rotatable bonds is 2. The van der Waals surface area contributed by atoms with Crippen molar-refractivity contribution in [3.8, 4) is 0 Å². The van der Waals surface area contributed by atoms with Crippen LogP contribution in [0, 0.1) is 0 Å². The quantitative estimate of drug-likeness (QED) is 0.589. The van der Waals surface area contributed by atoms with Gasteiger partial charge in [-0.15, -0.1) is 6.58 Å². The van der Waals surface area contributed by atoms with E-state index in [4.69, 9.17) is 11.5 Å². The summed E-state index contributed by atoms with van der Waals surface area (Å²) < 4.78 is 37.2. The number of hydrogen-bond donors (Lipinski definition) is 2. The molecule has 0 aliphatic carbocycles. The molecule has 0 unspecified atom stereocenters. The topological polar surface area (TPSA) is 52.0 Å². The molecule has 0 heterocycles. The molecule has 15 heavy (non-hydrogen) atoms. The number of alkyl halides is 3. The molecule has 82 valence electrons. The van der Waals surface area contributed by atoms with Crippen LogP contribution in [-0.4, -0.2) is 0 Å². The zero-order valence-electron chi connectivity index (χ0n) is 7.88. The van der Waals surface area contributed by atoms with Crippen LogP contribution < -0.4 is 11.5 Å². The standard InChI is InChI=1S/C10H11F3N2/c1-2-9(15)6-3-7(10(11,12)13)5-8(14)4-6/h2-5,9H,1,14-15H2/t9-/m1/s1. The lowest BCUT2D eigenvalue weighted by Gasteiger charge is -2.12. The van der Waals surface area contributed by atoms with E-state index in [1.54, 1.807) is 0 Å². The van der Waals surface area contributed by atoms with Crippen molar-refractivity contribution in [3.05, 3.63) is 42.0 Å². The molecule has 0 radical (unpaired) electrons. The van der Waals surface area contributed by atoms with Crippen molar-refractivity contribution in [3.63, 3.8) is 0 Å². The average molecular weight is 216 g/mol. The molecule has 0 aliphatic heterocycles. The highest BCUT2D eigenvalue weighted by Crippen LogP contribution is 2.32. The van der Waals surface area contributed by atoms with E-state index in [1.807, 2.05) is 0 Å². The van der Waals surface area contributed by atoms with Gasteiger partial charge in [0.2, 0.25) is 0 Å². The summed E-state index contributed by atoms with van der Waals surface area (Å²) in [7, 11) is 0. The maximum atomic E-state index is 12.4. The Hall–Kier alpha value is -1.49. The van der Waals surface area contributed by atoms with Gasteiger partial charge in [-0.2, -0.15) is 13.2 Å². The lowest BCUT2D eigenvalue weighted by Crippen LogP contribution is -2.11. The van der Waals surface area contributed by atoms with Crippen LogP contribution in [0.3, 0.4) is 0 Å². The first-order valence-corrected chi connectivity index (χ1v) is 4.20. The van der Waals surface area contributed by atoms with Gasteiger partial charge in [0, 0.05) is 11.7 Å². The Kier molecular flexibility index (Phi) is 3.04. The minimum Gasteiger partial charge on any atom is -0.399 e. The predicted octanol–water partition coefficient (Wildman–Crippen LogP) is 2.47. The molecule has 0 aromatic heterocycles. The Balaban J connectivity index is 3.22. The first-order chi connectivity index (χ1) is 6.84. The summed E-state index contributed by atoms with van der Waals surface area (Å²) in [5, 5.41) is 0. The van der Waals surface area contributed by atoms with Gasteiger partial charge in [0.25, 0.3) is 0 Å². The third-order valence-corrected chi connectivity index (χ3v) is 1.94. The molecule has 1 atom stereocenters. The van der Waals surface area contributed by atoms with Crippen molar-refractivity contribution >= 4 is 5.69 Å². The van der Waals surface area contributed by atoms with Gasteiger partial charge in [-0.05, 0) is 23.8 Å². The fourth-order valence-corrected chi connectivity index (χ4v) is 1.17. The van der Waals surface area contributed by atoms with Crippen LogP contribution in [0.1, 0.15) is 17.2 Å². The fraction of sp³-hybridized carbons (Fsp3) is 0.200. The molecule has 1 rings (SSSR count). The third kappa shape index (κ3) is 2.73. The lowest BCUT2D eigenvalue weighted by atomic mass is 10.0. The van der Waals surface area contributed by atoms with Crippen LogP contribution in [0.25, 0.3) is 0 Å². The molecule has 2 nitrogen and oxygen atoms in total. The minimum absolute atomic E-state index is 0.0390. The summed E-state index contributed by atoms with van der Waals surface area (Å²) in [5.41, 5.74) is 10.4. The molecule has 0 bridgehead atoms. The van der Waals surface area contributed by atoms with Crippen LogP contribution in [0.5, 0.6) is 0 Å². The summed E-state index contributed by atoms with van der Waals surface area (Å²) in [6.45, 7) is 3.41. The second-order valence-corrected chi connectivity index (χ2v) is 3.15. The highest BCUT2D eigenvalue weighted by atomic mass is 19.4. The van der Waals surface area contributed by atoms with E-state index in [0.29, 0.717) is 5.56 Å². The van der Waals surface area contributed by atoms with Crippen molar-refractivity contribution in [1.82, 2.24) is 0 Å². The highest BCUT2D eigenvalue weighted by molar-refractivity contribution is 5.47. The molecule has 5 heteroatoms. The molecule has 1 aromatic carbocycles. The Bertz CT molecular complexity index is 371. The fourth-order valence-electron chi connectivity index (χ4n) is 1.17. The van der Waals surface area contributed by atoms with E-state index < -0.39 is 17.8 Å². The van der Waals surface area contributed by atoms with E-state index in [1.165, 1.54) is 12.1 Å². The average Bonchev–Trinajstić information content (AvgIpc) is 2.14. The Morgan fingerprint density at radius 1 is 1.27 bits per heavy atom. The third-order valence-electron chi connectivity index (χ3n) is 1.94. The van der Waals surface area contributed by atoms with Crippen molar-refractivity contribution in [2.75, 3.05) is 5.73 Å². The minimum atomic E-state index is -4.41. The van der Waals surface area contributed by atoms with Crippen molar-refractivity contribution in [2.45, 2.75) is 12.2 Å². The SMILES string of the molecule is C=C[C@@H](N)c1cc(N)cc(C(F)(F)F)c1. The van der Waals surface area contributed by atoms with E-state index in [2.05, 4.69) is 6.58 Å². The maximum Gasteiger partial charge on any atom is 0.416 e. The van der Waals surface area contributed by atoms with Gasteiger partial charge < -0.3 is 11.5 Å². The van der Waals surface area contributed by atoms with E-state index in [0.717, 1.165) is 12.1 Å². The Morgan fingerprint density at radius 3 is 2.33 bits per heavy atom. The summed E-state index contributed by atoms with van der Waals surface area (Å²) in [5.74, 6) is 0. The molecular formula is C10H11F3N2. The predicted molar refractivity (Wildman–Crippen MR) is 53.0 cm³/mol. The van der Waals surface area contributed by atoms with Crippen molar-refractivity contribution < 1.29 is 13.2 Å². The summed E-state index contributed by atoms with van der Waals surface area (Å²) in [6, 6.07) is 2.61. The Labute approximate surface area is 85.4 Å². The second-order valence-electron chi connectivity index (χ2n) is 3.15. The van der Waals surface area contributed by atoms with Crippen LogP contribution >= 0.6 is 0 Å². The summed E-state index contributed by atoms with van der Waals surface area (Å²) in [4.78, 5) is 0. The molecule has 0 amide bonds. The van der Waals surface area contributed by atoms with Crippen LogP contribution in [0.4, 0.5) is 18.9 Å². The molecule has 0 spiro atoms. The normalized spacial score (nSPS) is 13.6. The van der Waals surface area contributed by atoms with Gasteiger partial charge in [-0.1, -0.05) is 6.08 Å². The molecule has 0 aliphatic rings. The zero-order valence-corrected chi connectivity index (χ0v) is 7.88. The molecule has 0 saturated heterocycles. The van der Waals surface area contributed by atoms with E-state index >= 15 is 0 Å². The number of halogens is 3. The van der Waals surface area contributed by atoms with E-state index in [-0.39, 0.29) is 5.69 Å². The van der Waals surface area contributed by atoms with Crippen LogP contribution in [-0.2, 0) is 6.18 Å². The van der Waals surface area contributed by atoms with Crippen molar-refractivity contribution in [1.29, 1.82) is 0 Å².